The van der Waals surface area contributed by atoms with Crippen molar-refractivity contribution in [2.45, 2.75) is 45.2 Å². The molecule has 1 N–H and O–H groups in total. The van der Waals surface area contributed by atoms with E-state index in [9.17, 15) is 4.79 Å². The number of amides is 1. The number of piperazine rings is 1. The second kappa shape index (κ2) is 7.96. The van der Waals surface area contributed by atoms with Crippen LogP contribution in [0, 0.1) is 0 Å². The van der Waals surface area contributed by atoms with Crippen molar-refractivity contribution < 1.29 is 9.53 Å². The van der Waals surface area contributed by atoms with Crippen molar-refractivity contribution in [1.29, 1.82) is 0 Å². The third-order valence-electron chi connectivity index (χ3n) is 4.20. The summed E-state index contributed by atoms with van der Waals surface area (Å²) in [5, 5.41) is 3.07. The molecule has 20 heavy (non-hydrogen) atoms. The fourth-order valence-electron chi connectivity index (χ4n) is 2.81. The third-order valence-corrected chi connectivity index (χ3v) is 4.20. The summed E-state index contributed by atoms with van der Waals surface area (Å²) in [5.41, 5.74) is 0. The fraction of sp³-hybridized carbons (Fsp3) is 0.933. The summed E-state index contributed by atoms with van der Waals surface area (Å²) in [5.74, 6) is 0.199. The Morgan fingerprint density at radius 3 is 2.75 bits per heavy atom. The van der Waals surface area contributed by atoms with E-state index in [1.54, 1.807) is 0 Å². The molecular formula is C15H29N3O2. The predicted octanol–water partition coefficient (Wildman–Crippen LogP) is 0.698. The number of carbonyl (C=O) groups is 1. The predicted molar refractivity (Wildman–Crippen MR) is 79.7 cm³/mol. The number of rotatable bonds is 8. The molecule has 0 spiro atoms. The maximum absolute atomic E-state index is 11.9. The van der Waals surface area contributed by atoms with Gasteiger partial charge < -0.3 is 10.1 Å². The van der Waals surface area contributed by atoms with E-state index in [4.69, 9.17) is 4.74 Å². The van der Waals surface area contributed by atoms with E-state index in [1.807, 2.05) is 6.92 Å². The molecule has 116 valence electrons. The first kappa shape index (κ1) is 15.7. The van der Waals surface area contributed by atoms with E-state index in [0.29, 0.717) is 18.6 Å². The lowest BCUT2D eigenvalue weighted by molar-refractivity contribution is -0.123. The molecule has 1 heterocycles. The smallest absolute Gasteiger partial charge is 0.234 e. The van der Waals surface area contributed by atoms with Crippen molar-refractivity contribution in [2.24, 2.45) is 0 Å². The van der Waals surface area contributed by atoms with Crippen LogP contribution in [0.15, 0.2) is 0 Å². The third kappa shape index (κ3) is 5.04. The number of ether oxygens (including phenoxy) is 1. The van der Waals surface area contributed by atoms with Gasteiger partial charge in [0, 0.05) is 44.9 Å². The van der Waals surface area contributed by atoms with Crippen molar-refractivity contribution in [3.8, 4) is 0 Å². The molecule has 0 radical (unpaired) electrons. The van der Waals surface area contributed by atoms with Crippen molar-refractivity contribution in [3.63, 3.8) is 0 Å². The van der Waals surface area contributed by atoms with Gasteiger partial charge in [0.05, 0.1) is 13.2 Å². The van der Waals surface area contributed by atoms with Gasteiger partial charge in [0.25, 0.3) is 0 Å². The highest BCUT2D eigenvalue weighted by molar-refractivity contribution is 5.78. The zero-order chi connectivity index (χ0) is 14.4. The highest BCUT2D eigenvalue weighted by Crippen LogP contribution is 2.18. The number of hydrogen-bond acceptors (Lipinski definition) is 4. The first-order valence-electron chi connectivity index (χ1n) is 8.06. The van der Waals surface area contributed by atoms with Gasteiger partial charge in [-0.05, 0) is 26.2 Å². The summed E-state index contributed by atoms with van der Waals surface area (Å²) < 4.78 is 5.45. The summed E-state index contributed by atoms with van der Waals surface area (Å²) in [4.78, 5) is 16.7. The first-order valence-corrected chi connectivity index (χ1v) is 8.06. The molecule has 0 bridgehead atoms. The minimum atomic E-state index is 0.199. The van der Waals surface area contributed by atoms with Crippen LogP contribution >= 0.6 is 0 Å². The average Bonchev–Trinajstić information content (AvgIpc) is 3.24. The standard InChI is InChI=1S/C15H29N3O2/c1-3-14-11-17(12-15(19)16-13-5-6-13)7-8-18(14)9-10-20-4-2/h13-14H,3-12H2,1-2H3,(H,16,19)/t14-/m1/s1. The van der Waals surface area contributed by atoms with Gasteiger partial charge in [-0.1, -0.05) is 6.92 Å². The maximum Gasteiger partial charge on any atom is 0.234 e. The van der Waals surface area contributed by atoms with E-state index in [0.717, 1.165) is 58.7 Å². The number of nitrogens with zero attached hydrogens (tertiary/aromatic N) is 2. The zero-order valence-corrected chi connectivity index (χ0v) is 12.9. The van der Waals surface area contributed by atoms with Gasteiger partial charge in [0.1, 0.15) is 0 Å². The molecule has 1 saturated heterocycles. The lowest BCUT2D eigenvalue weighted by atomic mass is 10.1. The average molecular weight is 283 g/mol. The second-order valence-electron chi connectivity index (χ2n) is 5.87. The molecule has 0 unspecified atom stereocenters. The van der Waals surface area contributed by atoms with E-state index < -0.39 is 0 Å². The molecule has 5 nitrogen and oxygen atoms in total. The van der Waals surface area contributed by atoms with Crippen LogP contribution in [0.2, 0.25) is 0 Å². The van der Waals surface area contributed by atoms with Gasteiger partial charge in [-0.25, -0.2) is 0 Å². The number of nitrogens with one attached hydrogen (secondary N) is 1. The Balaban J connectivity index is 1.71. The second-order valence-corrected chi connectivity index (χ2v) is 5.87. The van der Waals surface area contributed by atoms with E-state index in [-0.39, 0.29) is 5.91 Å². The number of carbonyl (C=O) groups excluding carboxylic acids is 1. The van der Waals surface area contributed by atoms with Crippen LogP contribution in [-0.2, 0) is 9.53 Å². The molecule has 0 aromatic heterocycles. The largest absolute Gasteiger partial charge is 0.380 e. The Kier molecular flexibility index (Phi) is 6.26. The van der Waals surface area contributed by atoms with Gasteiger partial charge in [-0.3, -0.25) is 14.6 Å². The number of hydrogen-bond donors (Lipinski definition) is 1. The summed E-state index contributed by atoms with van der Waals surface area (Å²) in [7, 11) is 0. The Bertz CT molecular complexity index is 307. The molecule has 1 amide bonds. The first-order chi connectivity index (χ1) is 9.72. The lowest BCUT2D eigenvalue weighted by Crippen LogP contribution is -2.55. The van der Waals surface area contributed by atoms with Gasteiger partial charge in [0.15, 0.2) is 0 Å². The Morgan fingerprint density at radius 1 is 1.30 bits per heavy atom. The lowest BCUT2D eigenvalue weighted by Gasteiger charge is -2.40. The van der Waals surface area contributed by atoms with Gasteiger partial charge >= 0.3 is 0 Å². The van der Waals surface area contributed by atoms with E-state index >= 15 is 0 Å². The normalized spacial score (nSPS) is 24.8. The molecule has 2 aliphatic rings. The van der Waals surface area contributed by atoms with Crippen molar-refractivity contribution in [3.05, 3.63) is 0 Å². The summed E-state index contributed by atoms with van der Waals surface area (Å²) in [6.45, 7) is 10.5. The van der Waals surface area contributed by atoms with Gasteiger partial charge in [-0.2, -0.15) is 0 Å². The van der Waals surface area contributed by atoms with Crippen LogP contribution in [-0.4, -0.2) is 73.7 Å². The van der Waals surface area contributed by atoms with Crippen LogP contribution in [0.3, 0.4) is 0 Å². The summed E-state index contributed by atoms with van der Waals surface area (Å²) in [6, 6.07) is 1.02. The quantitative estimate of drug-likeness (QED) is 0.666. The maximum atomic E-state index is 11.9. The molecule has 2 rings (SSSR count). The molecule has 0 aromatic carbocycles. The highest BCUT2D eigenvalue weighted by Gasteiger charge is 2.28. The minimum absolute atomic E-state index is 0.199. The SMILES string of the molecule is CCOCCN1CCN(CC(=O)NC2CC2)C[C@H]1CC. The Morgan fingerprint density at radius 2 is 2.10 bits per heavy atom. The molecular weight excluding hydrogens is 254 g/mol. The van der Waals surface area contributed by atoms with Crippen LogP contribution in [0.25, 0.3) is 0 Å². The molecule has 1 aliphatic heterocycles. The van der Waals surface area contributed by atoms with E-state index in [2.05, 4.69) is 22.0 Å². The molecule has 1 saturated carbocycles. The Hall–Kier alpha value is -0.650. The Labute approximate surface area is 122 Å². The van der Waals surface area contributed by atoms with Crippen molar-refractivity contribution in [1.82, 2.24) is 15.1 Å². The molecule has 0 aromatic rings. The van der Waals surface area contributed by atoms with Crippen LogP contribution < -0.4 is 5.32 Å². The van der Waals surface area contributed by atoms with Crippen LogP contribution in [0.5, 0.6) is 0 Å². The molecule has 1 atom stereocenters. The van der Waals surface area contributed by atoms with E-state index in [1.165, 1.54) is 0 Å². The fourth-order valence-corrected chi connectivity index (χ4v) is 2.81. The zero-order valence-electron chi connectivity index (χ0n) is 12.9. The minimum Gasteiger partial charge on any atom is -0.380 e. The van der Waals surface area contributed by atoms with Crippen molar-refractivity contribution in [2.75, 3.05) is 45.9 Å². The van der Waals surface area contributed by atoms with Crippen molar-refractivity contribution >= 4 is 5.91 Å². The molecule has 2 fully saturated rings. The van der Waals surface area contributed by atoms with Gasteiger partial charge in [0.2, 0.25) is 5.91 Å². The summed E-state index contributed by atoms with van der Waals surface area (Å²) >= 11 is 0. The van der Waals surface area contributed by atoms with Gasteiger partial charge in [-0.15, -0.1) is 0 Å². The summed E-state index contributed by atoms with van der Waals surface area (Å²) in [6.07, 6.45) is 3.45. The van der Waals surface area contributed by atoms with Crippen LogP contribution in [0.4, 0.5) is 0 Å². The molecule has 5 heteroatoms. The topological polar surface area (TPSA) is 44.8 Å². The molecule has 1 aliphatic carbocycles. The monoisotopic (exact) mass is 283 g/mol. The highest BCUT2D eigenvalue weighted by atomic mass is 16.5. The van der Waals surface area contributed by atoms with Crippen LogP contribution in [0.1, 0.15) is 33.1 Å².